The molecule has 0 bridgehead atoms. The van der Waals surface area contributed by atoms with Gasteiger partial charge in [-0.3, -0.25) is 4.79 Å². The average molecular weight is 289 g/mol. The van der Waals surface area contributed by atoms with Crippen LogP contribution in [0.5, 0.6) is 0 Å². The second kappa shape index (κ2) is 8.83. The summed E-state index contributed by atoms with van der Waals surface area (Å²) in [4.78, 5) is 11.4. The minimum absolute atomic E-state index is 0.474. The zero-order valence-electron chi connectivity index (χ0n) is 12.8. The molecule has 0 saturated heterocycles. The summed E-state index contributed by atoms with van der Waals surface area (Å²) in [5.41, 5.74) is 1.08. The van der Waals surface area contributed by atoms with Gasteiger partial charge in [0.25, 0.3) is 0 Å². The van der Waals surface area contributed by atoms with Crippen molar-refractivity contribution in [3.63, 3.8) is 0 Å². The molecule has 2 rings (SSSR count). The molecule has 1 aromatic rings. The largest absolute Gasteiger partial charge is 0.480 e. The van der Waals surface area contributed by atoms with Crippen molar-refractivity contribution in [3.05, 3.63) is 35.9 Å². The minimum Gasteiger partial charge on any atom is -0.480 e. The Morgan fingerprint density at radius 2 is 1.81 bits per heavy atom. The van der Waals surface area contributed by atoms with Gasteiger partial charge in [-0.15, -0.1) is 0 Å². The molecule has 1 aromatic carbocycles. The van der Waals surface area contributed by atoms with Crippen molar-refractivity contribution >= 4 is 5.97 Å². The van der Waals surface area contributed by atoms with Gasteiger partial charge >= 0.3 is 5.97 Å². The average Bonchev–Trinajstić information content (AvgIpc) is 2.76. The van der Waals surface area contributed by atoms with Crippen LogP contribution in [0.4, 0.5) is 0 Å². The van der Waals surface area contributed by atoms with Crippen molar-refractivity contribution in [1.29, 1.82) is 0 Å². The molecule has 0 heterocycles. The predicted octanol–water partition coefficient (Wildman–Crippen LogP) is 3.63. The van der Waals surface area contributed by atoms with Gasteiger partial charge in [0.15, 0.2) is 0 Å². The molecule has 2 N–H and O–H groups in total. The first kappa shape index (κ1) is 16.0. The Hall–Kier alpha value is -1.35. The third kappa shape index (κ3) is 5.88. The Kier molecular flexibility index (Phi) is 6.74. The maximum absolute atomic E-state index is 11.4. The molecule has 0 aliphatic heterocycles. The first-order valence-corrected chi connectivity index (χ1v) is 8.26. The topological polar surface area (TPSA) is 49.3 Å². The van der Waals surface area contributed by atoms with Gasteiger partial charge in [-0.2, -0.15) is 0 Å². The quantitative estimate of drug-likeness (QED) is 0.754. The molecule has 0 aromatic heterocycles. The summed E-state index contributed by atoms with van der Waals surface area (Å²) in [5.74, 6) is 0.0332. The van der Waals surface area contributed by atoms with Crippen LogP contribution in [0, 0.1) is 5.92 Å². The SMILES string of the molecule is O=C(O)[C@H](Cc1ccccc1)NCCC1CCCCCC1. The summed E-state index contributed by atoms with van der Waals surface area (Å²) < 4.78 is 0. The van der Waals surface area contributed by atoms with Gasteiger partial charge in [0.2, 0.25) is 0 Å². The number of carboxylic acids is 1. The van der Waals surface area contributed by atoms with Crippen molar-refractivity contribution in [1.82, 2.24) is 5.32 Å². The highest BCUT2D eigenvalue weighted by Gasteiger charge is 2.18. The van der Waals surface area contributed by atoms with Crippen molar-refractivity contribution in [2.45, 2.75) is 57.4 Å². The second-order valence-electron chi connectivity index (χ2n) is 6.18. The summed E-state index contributed by atoms with van der Waals surface area (Å²) in [6, 6.07) is 9.38. The van der Waals surface area contributed by atoms with E-state index in [0.717, 1.165) is 24.4 Å². The van der Waals surface area contributed by atoms with Crippen molar-refractivity contribution in [2.24, 2.45) is 5.92 Å². The number of carboxylic acid groups (broad SMARTS) is 1. The highest BCUT2D eigenvalue weighted by Crippen LogP contribution is 2.24. The van der Waals surface area contributed by atoms with Gasteiger partial charge in [0.05, 0.1) is 0 Å². The van der Waals surface area contributed by atoms with Gasteiger partial charge < -0.3 is 10.4 Å². The molecule has 21 heavy (non-hydrogen) atoms. The molecule has 116 valence electrons. The summed E-state index contributed by atoms with van der Waals surface area (Å²) in [5, 5.41) is 12.6. The van der Waals surface area contributed by atoms with Crippen LogP contribution in [-0.2, 0) is 11.2 Å². The van der Waals surface area contributed by atoms with E-state index in [-0.39, 0.29) is 0 Å². The van der Waals surface area contributed by atoms with E-state index in [1.807, 2.05) is 30.3 Å². The van der Waals surface area contributed by atoms with E-state index in [1.54, 1.807) is 0 Å². The Morgan fingerprint density at radius 3 is 2.43 bits per heavy atom. The van der Waals surface area contributed by atoms with Crippen LogP contribution in [-0.4, -0.2) is 23.7 Å². The summed E-state index contributed by atoms with van der Waals surface area (Å²) >= 11 is 0. The van der Waals surface area contributed by atoms with Gasteiger partial charge in [-0.25, -0.2) is 0 Å². The Balaban J connectivity index is 1.76. The molecule has 0 radical (unpaired) electrons. The van der Waals surface area contributed by atoms with E-state index >= 15 is 0 Å². The third-order valence-corrected chi connectivity index (χ3v) is 4.50. The molecular weight excluding hydrogens is 262 g/mol. The van der Waals surface area contributed by atoms with Crippen LogP contribution < -0.4 is 5.32 Å². The summed E-state index contributed by atoms with van der Waals surface area (Å²) in [7, 11) is 0. The zero-order chi connectivity index (χ0) is 14.9. The third-order valence-electron chi connectivity index (χ3n) is 4.50. The molecule has 3 nitrogen and oxygen atoms in total. The molecule has 0 spiro atoms. The molecule has 1 aliphatic carbocycles. The lowest BCUT2D eigenvalue weighted by atomic mass is 9.96. The molecule has 0 amide bonds. The van der Waals surface area contributed by atoms with Gasteiger partial charge in [0.1, 0.15) is 6.04 Å². The summed E-state index contributed by atoms with van der Waals surface area (Å²) in [6.07, 6.45) is 9.73. The van der Waals surface area contributed by atoms with E-state index in [9.17, 15) is 9.90 Å². The summed E-state index contributed by atoms with van der Waals surface area (Å²) in [6.45, 7) is 0.814. The van der Waals surface area contributed by atoms with Crippen molar-refractivity contribution < 1.29 is 9.90 Å². The zero-order valence-corrected chi connectivity index (χ0v) is 12.8. The molecule has 3 heteroatoms. The first-order valence-electron chi connectivity index (χ1n) is 8.26. The maximum atomic E-state index is 11.4. The molecule has 1 fully saturated rings. The lowest BCUT2D eigenvalue weighted by molar-refractivity contribution is -0.139. The first-order chi connectivity index (χ1) is 10.3. The van der Waals surface area contributed by atoms with Crippen LogP contribution in [0.15, 0.2) is 30.3 Å². The number of nitrogens with one attached hydrogen (secondary N) is 1. The Morgan fingerprint density at radius 1 is 1.14 bits per heavy atom. The number of hydrogen-bond acceptors (Lipinski definition) is 2. The van der Waals surface area contributed by atoms with Crippen LogP contribution >= 0.6 is 0 Å². The van der Waals surface area contributed by atoms with Crippen LogP contribution in [0.2, 0.25) is 0 Å². The smallest absolute Gasteiger partial charge is 0.321 e. The fraction of sp³-hybridized carbons (Fsp3) is 0.611. The molecule has 1 aliphatic rings. The fourth-order valence-electron chi connectivity index (χ4n) is 3.21. The Labute approximate surface area is 127 Å². The molecule has 1 atom stereocenters. The maximum Gasteiger partial charge on any atom is 0.321 e. The molecule has 0 unspecified atom stereocenters. The normalized spacial score (nSPS) is 18.1. The predicted molar refractivity (Wildman–Crippen MR) is 85.4 cm³/mol. The van der Waals surface area contributed by atoms with E-state index in [1.165, 1.54) is 38.5 Å². The standard InChI is InChI=1S/C18H27NO2/c20-18(21)17(14-16-10-6-3-7-11-16)19-13-12-15-8-4-1-2-5-9-15/h3,6-7,10-11,15,17,19H,1-2,4-5,8-9,12-14H2,(H,20,21)/t17-/m0/s1. The van der Waals surface area contributed by atoms with Crippen LogP contribution in [0.3, 0.4) is 0 Å². The Bertz CT molecular complexity index is 410. The highest BCUT2D eigenvalue weighted by atomic mass is 16.4. The number of benzene rings is 1. The number of rotatable bonds is 7. The van der Waals surface area contributed by atoms with Gasteiger partial charge in [-0.05, 0) is 30.9 Å². The molecule has 1 saturated carbocycles. The van der Waals surface area contributed by atoms with Crippen molar-refractivity contribution in [2.75, 3.05) is 6.54 Å². The minimum atomic E-state index is -0.750. The van der Waals surface area contributed by atoms with Gasteiger partial charge in [-0.1, -0.05) is 68.9 Å². The number of aliphatic carboxylic acids is 1. The van der Waals surface area contributed by atoms with E-state index < -0.39 is 12.0 Å². The fourth-order valence-corrected chi connectivity index (χ4v) is 3.21. The van der Waals surface area contributed by atoms with Gasteiger partial charge in [0, 0.05) is 0 Å². The van der Waals surface area contributed by atoms with E-state index in [0.29, 0.717) is 6.42 Å². The van der Waals surface area contributed by atoms with E-state index in [4.69, 9.17) is 0 Å². The number of hydrogen-bond donors (Lipinski definition) is 2. The lowest BCUT2D eigenvalue weighted by Crippen LogP contribution is -2.39. The monoisotopic (exact) mass is 289 g/mol. The molecular formula is C18H27NO2. The van der Waals surface area contributed by atoms with Crippen LogP contribution in [0.25, 0.3) is 0 Å². The van der Waals surface area contributed by atoms with E-state index in [2.05, 4.69) is 5.32 Å². The number of carbonyl (C=O) groups is 1. The second-order valence-corrected chi connectivity index (χ2v) is 6.18. The van der Waals surface area contributed by atoms with Crippen LogP contribution in [0.1, 0.15) is 50.5 Å². The lowest BCUT2D eigenvalue weighted by Gasteiger charge is -2.18. The van der Waals surface area contributed by atoms with Crippen molar-refractivity contribution in [3.8, 4) is 0 Å². The highest BCUT2D eigenvalue weighted by molar-refractivity contribution is 5.73.